The number of hydrogen-bond donors (Lipinski definition) is 2. The summed E-state index contributed by atoms with van der Waals surface area (Å²) in [5, 5.41) is 3.28. The largest absolute Gasteiger partial charge is 0.369 e. The molecule has 1 aliphatic heterocycles. The number of aliphatic imine (C=N–C) groups is 1. The Balaban J connectivity index is 0.00000338. The van der Waals surface area contributed by atoms with Crippen molar-refractivity contribution in [2.45, 2.75) is 20.8 Å². The molecule has 1 fully saturated rings. The molecule has 0 unspecified atom stereocenters. The van der Waals surface area contributed by atoms with E-state index in [0.717, 1.165) is 44.4 Å². The topological polar surface area (TPSA) is 74.0 Å². The second-order valence-electron chi connectivity index (χ2n) is 6.87. The fraction of sp³-hybridized carbons (Fsp3) is 0.556. The molecular weight excluding hydrogens is 448 g/mol. The van der Waals surface area contributed by atoms with E-state index in [9.17, 15) is 9.18 Å². The molecule has 1 saturated heterocycles. The van der Waals surface area contributed by atoms with Crippen LogP contribution in [0.3, 0.4) is 0 Å². The van der Waals surface area contributed by atoms with E-state index in [0.29, 0.717) is 6.54 Å². The lowest BCUT2D eigenvalue weighted by Crippen LogP contribution is -2.53. The van der Waals surface area contributed by atoms with Gasteiger partial charge in [-0.3, -0.25) is 9.79 Å². The van der Waals surface area contributed by atoms with Gasteiger partial charge in [-0.05, 0) is 45.0 Å². The lowest BCUT2D eigenvalue weighted by Gasteiger charge is -2.38. The van der Waals surface area contributed by atoms with Crippen molar-refractivity contribution < 1.29 is 9.18 Å². The molecule has 0 aromatic heterocycles. The number of anilines is 1. The summed E-state index contributed by atoms with van der Waals surface area (Å²) in [6, 6.07) is 6.58. The first-order valence-corrected chi connectivity index (χ1v) is 8.67. The molecule has 2 rings (SSSR count). The fourth-order valence-electron chi connectivity index (χ4n) is 2.60. The predicted molar refractivity (Wildman–Crippen MR) is 115 cm³/mol. The maximum atomic E-state index is 13.1. The molecule has 0 bridgehead atoms. The number of hydrogen-bond acceptors (Lipinski definition) is 3. The van der Waals surface area contributed by atoms with Crippen LogP contribution in [0.25, 0.3) is 0 Å². The second kappa shape index (κ2) is 9.94. The van der Waals surface area contributed by atoms with Gasteiger partial charge in [0.05, 0.1) is 12.0 Å². The van der Waals surface area contributed by atoms with Crippen LogP contribution in [0.4, 0.5) is 10.1 Å². The summed E-state index contributed by atoms with van der Waals surface area (Å²) in [5.41, 5.74) is 5.78. The molecule has 0 spiro atoms. The summed E-state index contributed by atoms with van der Waals surface area (Å²) >= 11 is 0. The van der Waals surface area contributed by atoms with E-state index in [2.05, 4.69) is 20.1 Å². The van der Waals surface area contributed by atoms with Crippen LogP contribution >= 0.6 is 24.0 Å². The van der Waals surface area contributed by atoms with Crippen molar-refractivity contribution in [2.24, 2.45) is 16.1 Å². The highest BCUT2D eigenvalue weighted by Crippen LogP contribution is 2.18. The van der Waals surface area contributed by atoms with Crippen LogP contribution in [0.2, 0.25) is 0 Å². The van der Waals surface area contributed by atoms with E-state index in [1.165, 1.54) is 12.1 Å². The molecule has 0 saturated carbocycles. The zero-order valence-electron chi connectivity index (χ0n) is 15.7. The summed E-state index contributed by atoms with van der Waals surface area (Å²) in [6.07, 6.45) is 0. The van der Waals surface area contributed by atoms with Crippen LogP contribution in [-0.2, 0) is 4.79 Å². The normalized spacial score (nSPS) is 15.5. The quantitative estimate of drug-likeness (QED) is 0.387. The smallest absolute Gasteiger partial charge is 0.224 e. The third-order valence-electron chi connectivity index (χ3n) is 4.40. The summed E-state index contributed by atoms with van der Waals surface area (Å²) in [4.78, 5) is 20.5. The van der Waals surface area contributed by atoms with E-state index in [-0.39, 0.29) is 35.7 Å². The van der Waals surface area contributed by atoms with Gasteiger partial charge in [-0.25, -0.2) is 4.39 Å². The average Bonchev–Trinajstić information content (AvgIpc) is 2.59. The zero-order chi connectivity index (χ0) is 18.4. The summed E-state index contributed by atoms with van der Waals surface area (Å²) in [6.45, 7) is 10.00. The van der Waals surface area contributed by atoms with Crippen LogP contribution in [0.1, 0.15) is 20.8 Å². The SMILES string of the molecule is CCNC(=NCC(C)(C)C(N)=O)N1CCN(c2ccc(F)cc2)CC1.I. The first kappa shape index (κ1) is 22.5. The minimum Gasteiger partial charge on any atom is -0.369 e. The van der Waals surface area contributed by atoms with E-state index in [4.69, 9.17) is 5.73 Å². The van der Waals surface area contributed by atoms with Crippen molar-refractivity contribution in [3.8, 4) is 0 Å². The fourth-order valence-corrected chi connectivity index (χ4v) is 2.60. The number of amides is 1. The van der Waals surface area contributed by atoms with Crippen LogP contribution < -0.4 is 16.0 Å². The Morgan fingerprint density at radius 1 is 1.23 bits per heavy atom. The maximum absolute atomic E-state index is 13.1. The van der Waals surface area contributed by atoms with Crippen molar-refractivity contribution in [3.63, 3.8) is 0 Å². The molecule has 8 heteroatoms. The first-order valence-electron chi connectivity index (χ1n) is 8.67. The van der Waals surface area contributed by atoms with Crippen LogP contribution in [0, 0.1) is 11.2 Å². The van der Waals surface area contributed by atoms with E-state index < -0.39 is 5.41 Å². The summed E-state index contributed by atoms with van der Waals surface area (Å²) in [5.74, 6) is 0.227. The third-order valence-corrected chi connectivity index (χ3v) is 4.40. The van der Waals surface area contributed by atoms with Crippen molar-refractivity contribution in [1.29, 1.82) is 0 Å². The number of piperazine rings is 1. The van der Waals surface area contributed by atoms with Gasteiger partial charge >= 0.3 is 0 Å². The van der Waals surface area contributed by atoms with Gasteiger partial charge in [-0.2, -0.15) is 0 Å². The van der Waals surface area contributed by atoms with Crippen molar-refractivity contribution in [1.82, 2.24) is 10.2 Å². The first-order chi connectivity index (χ1) is 11.8. The maximum Gasteiger partial charge on any atom is 0.224 e. The molecule has 146 valence electrons. The Bertz CT molecular complexity index is 613. The number of halogens is 2. The number of benzene rings is 1. The summed E-state index contributed by atoms with van der Waals surface area (Å²) in [7, 11) is 0. The Kier molecular flexibility index (Phi) is 8.58. The molecule has 1 aliphatic rings. The molecule has 1 heterocycles. The second-order valence-corrected chi connectivity index (χ2v) is 6.87. The van der Waals surface area contributed by atoms with Crippen molar-refractivity contribution in [2.75, 3.05) is 44.2 Å². The number of carbonyl (C=O) groups is 1. The Labute approximate surface area is 172 Å². The van der Waals surface area contributed by atoms with Crippen molar-refractivity contribution >= 4 is 41.5 Å². The molecular formula is C18H29FIN5O. The zero-order valence-corrected chi connectivity index (χ0v) is 18.0. The number of nitrogens with two attached hydrogens (primary N) is 1. The molecule has 1 aromatic rings. The minimum absolute atomic E-state index is 0. The van der Waals surface area contributed by atoms with E-state index in [1.807, 2.05) is 6.92 Å². The van der Waals surface area contributed by atoms with Gasteiger partial charge in [0.2, 0.25) is 5.91 Å². The molecule has 6 nitrogen and oxygen atoms in total. The highest BCUT2D eigenvalue weighted by Gasteiger charge is 2.26. The van der Waals surface area contributed by atoms with E-state index in [1.54, 1.807) is 26.0 Å². The molecule has 0 aliphatic carbocycles. The summed E-state index contributed by atoms with van der Waals surface area (Å²) < 4.78 is 13.1. The molecule has 0 atom stereocenters. The number of nitrogens with one attached hydrogen (secondary N) is 1. The van der Waals surface area contributed by atoms with E-state index >= 15 is 0 Å². The molecule has 26 heavy (non-hydrogen) atoms. The Morgan fingerprint density at radius 3 is 2.31 bits per heavy atom. The van der Waals surface area contributed by atoms with Gasteiger partial charge in [0.1, 0.15) is 5.82 Å². The highest BCUT2D eigenvalue weighted by atomic mass is 127. The van der Waals surface area contributed by atoms with Gasteiger partial charge in [0.15, 0.2) is 5.96 Å². The average molecular weight is 477 g/mol. The van der Waals surface area contributed by atoms with Gasteiger partial charge in [0.25, 0.3) is 0 Å². The van der Waals surface area contributed by atoms with Crippen molar-refractivity contribution in [3.05, 3.63) is 30.1 Å². The standard InChI is InChI=1S/C18H28FN5O.HI/c1-4-21-17(22-13-18(2,3)16(20)25)24-11-9-23(10-12-24)15-7-5-14(19)6-8-15;/h5-8H,4,9-13H2,1-3H3,(H2,20,25)(H,21,22);1H. The van der Waals surface area contributed by atoms with Crippen LogP contribution in [0.5, 0.6) is 0 Å². The lowest BCUT2D eigenvalue weighted by molar-refractivity contribution is -0.125. The Morgan fingerprint density at radius 2 is 1.81 bits per heavy atom. The van der Waals surface area contributed by atoms with Gasteiger partial charge in [0, 0.05) is 38.4 Å². The monoisotopic (exact) mass is 477 g/mol. The number of primary amides is 1. The molecule has 0 radical (unpaired) electrons. The van der Waals surface area contributed by atoms with Crippen LogP contribution in [-0.4, -0.2) is 56.0 Å². The number of guanidine groups is 1. The van der Waals surface area contributed by atoms with Gasteiger partial charge in [-0.15, -0.1) is 24.0 Å². The molecule has 1 aromatic carbocycles. The highest BCUT2D eigenvalue weighted by molar-refractivity contribution is 14.0. The predicted octanol–water partition coefficient (Wildman–Crippen LogP) is 2.04. The van der Waals surface area contributed by atoms with Gasteiger partial charge in [-0.1, -0.05) is 0 Å². The minimum atomic E-state index is -0.670. The Hall–Kier alpha value is -1.58. The number of rotatable bonds is 5. The van der Waals surface area contributed by atoms with Gasteiger partial charge < -0.3 is 20.9 Å². The number of carbonyl (C=O) groups excluding carboxylic acids is 1. The third kappa shape index (κ3) is 6.00. The molecule has 3 N–H and O–H groups in total. The molecule has 1 amide bonds. The number of nitrogens with zero attached hydrogens (tertiary/aromatic N) is 3. The van der Waals surface area contributed by atoms with Crippen LogP contribution in [0.15, 0.2) is 29.3 Å². The lowest BCUT2D eigenvalue weighted by atomic mass is 9.93.